The fourth-order valence-corrected chi connectivity index (χ4v) is 6.25. The second-order valence-electron chi connectivity index (χ2n) is 10.7. The molecule has 1 N–H and O–H groups in total. The lowest BCUT2D eigenvalue weighted by Crippen LogP contribution is -2.47. The number of hydrogen-bond donors (Lipinski definition) is 1. The van der Waals surface area contributed by atoms with Gasteiger partial charge in [-0.3, -0.25) is 0 Å². The molecule has 1 saturated heterocycles. The van der Waals surface area contributed by atoms with E-state index in [2.05, 4.69) is 46.9 Å². The van der Waals surface area contributed by atoms with Crippen molar-refractivity contribution >= 4 is 8.32 Å². The number of aliphatic hydroxyl groups is 1. The molecule has 3 unspecified atom stereocenters. The van der Waals surface area contributed by atoms with Gasteiger partial charge in [-0.25, -0.2) is 0 Å². The van der Waals surface area contributed by atoms with Crippen molar-refractivity contribution in [1.29, 1.82) is 0 Å². The van der Waals surface area contributed by atoms with Crippen LogP contribution >= 0.6 is 0 Å². The lowest BCUT2D eigenvalue weighted by atomic mass is 9.71. The normalized spacial score (nSPS) is 35.7. The zero-order valence-electron chi connectivity index (χ0n) is 18.5. The minimum absolute atomic E-state index is 0.154. The second kappa shape index (κ2) is 6.94. The van der Waals surface area contributed by atoms with Gasteiger partial charge in [0.1, 0.15) is 0 Å². The van der Waals surface area contributed by atoms with Gasteiger partial charge >= 0.3 is 0 Å². The maximum Gasteiger partial charge on any atom is 0.191 e. The van der Waals surface area contributed by atoms with Gasteiger partial charge in [-0.1, -0.05) is 32.4 Å². The number of fused-ring (bicyclic) bond motifs is 2. The van der Waals surface area contributed by atoms with Crippen LogP contribution in [0.25, 0.3) is 0 Å². The molecule has 0 radical (unpaired) electrons. The molecule has 3 rings (SSSR count). The van der Waals surface area contributed by atoms with Gasteiger partial charge < -0.3 is 19.0 Å². The van der Waals surface area contributed by atoms with E-state index in [9.17, 15) is 5.11 Å². The standard InChI is InChI=1S/C22H40O4Si/c1-17-16-21(12-13-26-27(6,7)19(2,3)4)9-8-18(17)22(21,23)11-10-20(5)24-14-15-25-20/h16,18,23H,8-15H2,1-7H3. The van der Waals surface area contributed by atoms with Gasteiger partial charge in [-0.2, -0.15) is 0 Å². The first kappa shape index (κ1) is 21.5. The minimum Gasteiger partial charge on any atom is -0.417 e. The SMILES string of the molecule is CC1=CC2(CCO[Si](C)(C)C(C)(C)C)CCC1C2(O)CCC1(C)OCCO1. The van der Waals surface area contributed by atoms with Crippen LogP contribution in [0.4, 0.5) is 0 Å². The Hall–Kier alpha value is -0.203. The van der Waals surface area contributed by atoms with Gasteiger partial charge in [0.25, 0.3) is 0 Å². The number of ether oxygens (including phenoxy) is 2. The van der Waals surface area contributed by atoms with E-state index in [1.165, 1.54) is 5.57 Å². The fraction of sp³-hybridized carbons (Fsp3) is 0.909. The largest absolute Gasteiger partial charge is 0.417 e. The van der Waals surface area contributed by atoms with Crippen LogP contribution in [0.2, 0.25) is 18.1 Å². The minimum atomic E-state index is -1.77. The smallest absolute Gasteiger partial charge is 0.191 e. The van der Waals surface area contributed by atoms with E-state index < -0.39 is 19.7 Å². The van der Waals surface area contributed by atoms with E-state index in [1.54, 1.807) is 0 Å². The molecular weight excluding hydrogens is 356 g/mol. The molecule has 1 heterocycles. The summed E-state index contributed by atoms with van der Waals surface area (Å²) in [5.74, 6) is -0.264. The molecule has 2 bridgehead atoms. The third-order valence-electron chi connectivity index (χ3n) is 8.05. The molecule has 1 aliphatic heterocycles. The summed E-state index contributed by atoms with van der Waals surface area (Å²) < 4.78 is 18.1. The zero-order valence-corrected chi connectivity index (χ0v) is 19.5. The Kier molecular flexibility index (Phi) is 5.53. The highest BCUT2D eigenvalue weighted by Crippen LogP contribution is 2.63. The van der Waals surface area contributed by atoms with Crippen molar-refractivity contribution in [3.63, 3.8) is 0 Å². The molecule has 0 amide bonds. The first-order chi connectivity index (χ1) is 12.3. The molecule has 0 aromatic heterocycles. The first-order valence-corrected chi connectivity index (χ1v) is 13.6. The molecule has 156 valence electrons. The van der Waals surface area contributed by atoms with E-state index in [0.29, 0.717) is 13.2 Å². The van der Waals surface area contributed by atoms with Crippen molar-refractivity contribution in [1.82, 2.24) is 0 Å². The van der Waals surface area contributed by atoms with Crippen molar-refractivity contribution in [3.05, 3.63) is 11.6 Å². The summed E-state index contributed by atoms with van der Waals surface area (Å²) in [4.78, 5) is 0. The molecule has 0 aromatic carbocycles. The van der Waals surface area contributed by atoms with E-state index >= 15 is 0 Å². The molecule has 1 saturated carbocycles. The average Bonchev–Trinajstić information content (AvgIpc) is 3.14. The summed E-state index contributed by atoms with van der Waals surface area (Å²) in [6, 6.07) is 0. The highest BCUT2D eigenvalue weighted by atomic mass is 28.4. The van der Waals surface area contributed by atoms with Crippen molar-refractivity contribution in [2.75, 3.05) is 19.8 Å². The Labute approximate surface area is 166 Å². The van der Waals surface area contributed by atoms with Crippen LogP contribution in [0.1, 0.15) is 66.7 Å². The second-order valence-corrected chi connectivity index (χ2v) is 15.6. The van der Waals surface area contributed by atoms with Gasteiger partial charge in [0.15, 0.2) is 14.1 Å². The topological polar surface area (TPSA) is 47.9 Å². The van der Waals surface area contributed by atoms with E-state index in [-0.39, 0.29) is 16.4 Å². The van der Waals surface area contributed by atoms with E-state index in [0.717, 1.165) is 38.7 Å². The highest BCUT2D eigenvalue weighted by molar-refractivity contribution is 6.74. The summed E-state index contributed by atoms with van der Waals surface area (Å²) in [5, 5.41) is 12.1. The maximum absolute atomic E-state index is 11.9. The van der Waals surface area contributed by atoms with Crippen LogP contribution in [0.5, 0.6) is 0 Å². The molecule has 4 nitrogen and oxygen atoms in total. The van der Waals surface area contributed by atoms with Gasteiger partial charge in [0.05, 0.1) is 18.8 Å². The Morgan fingerprint density at radius 2 is 1.81 bits per heavy atom. The highest BCUT2D eigenvalue weighted by Gasteiger charge is 2.62. The predicted octanol–water partition coefficient (Wildman–Crippen LogP) is 5.03. The quantitative estimate of drug-likeness (QED) is 0.484. The summed E-state index contributed by atoms with van der Waals surface area (Å²) in [7, 11) is -1.77. The third kappa shape index (κ3) is 3.70. The van der Waals surface area contributed by atoms with E-state index in [1.807, 2.05) is 6.92 Å². The Morgan fingerprint density at radius 3 is 2.37 bits per heavy atom. The third-order valence-corrected chi connectivity index (χ3v) is 12.6. The Morgan fingerprint density at radius 1 is 1.19 bits per heavy atom. The van der Waals surface area contributed by atoms with Crippen LogP contribution in [-0.4, -0.2) is 44.6 Å². The molecule has 0 aromatic rings. The molecule has 2 aliphatic carbocycles. The lowest BCUT2D eigenvalue weighted by Gasteiger charge is -2.42. The molecule has 27 heavy (non-hydrogen) atoms. The summed E-state index contributed by atoms with van der Waals surface area (Å²) in [6.45, 7) is 17.7. The molecule has 3 aliphatic rings. The molecule has 5 heteroatoms. The Balaban J connectivity index is 1.69. The monoisotopic (exact) mass is 396 g/mol. The van der Waals surface area contributed by atoms with Gasteiger partial charge in [-0.15, -0.1) is 0 Å². The van der Waals surface area contributed by atoms with Crippen LogP contribution < -0.4 is 0 Å². The zero-order chi connectivity index (χ0) is 20.1. The molecular formula is C22H40O4Si. The molecule has 0 spiro atoms. The maximum atomic E-state index is 11.9. The summed E-state index contributed by atoms with van der Waals surface area (Å²) in [5.41, 5.74) is 0.514. The fourth-order valence-electron chi connectivity index (χ4n) is 5.20. The summed E-state index contributed by atoms with van der Waals surface area (Å²) in [6.07, 6.45) is 6.88. The van der Waals surface area contributed by atoms with Crippen molar-refractivity contribution in [2.45, 2.75) is 96.2 Å². The van der Waals surface area contributed by atoms with Gasteiger partial charge in [-0.05, 0) is 57.7 Å². The molecule has 3 atom stereocenters. The van der Waals surface area contributed by atoms with Crippen LogP contribution in [0.3, 0.4) is 0 Å². The van der Waals surface area contributed by atoms with Crippen molar-refractivity contribution in [3.8, 4) is 0 Å². The average molecular weight is 397 g/mol. The number of hydrogen-bond acceptors (Lipinski definition) is 4. The first-order valence-electron chi connectivity index (χ1n) is 10.7. The van der Waals surface area contributed by atoms with Crippen LogP contribution in [-0.2, 0) is 13.9 Å². The van der Waals surface area contributed by atoms with Gasteiger partial charge in [0.2, 0.25) is 0 Å². The van der Waals surface area contributed by atoms with Gasteiger partial charge in [0, 0.05) is 24.4 Å². The number of rotatable bonds is 7. The predicted molar refractivity (Wildman–Crippen MR) is 111 cm³/mol. The van der Waals surface area contributed by atoms with E-state index in [4.69, 9.17) is 13.9 Å². The van der Waals surface area contributed by atoms with Crippen molar-refractivity contribution in [2.24, 2.45) is 11.3 Å². The Bertz CT molecular complexity index is 588. The molecule has 2 fully saturated rings. The van der Waals surface area contributed by atoms with Crippen LogP contribution in [0, 0.1) is 11.3 Å². The summed E-state index contributed by atoms with van der Waals surface area (Å²) >= 11 is 0. The van der Waals surface area contributed by atoms with Crippen molar-refractivity contribution < 1.29 is 19.0 Å². The lowest BCUT2D eigenvalue weighted by molar-refractivity contribution is -0.164. The van der Waals surface area contributed by atoms with Crippen LogP contribution in [0.15, 0.2) is 11.6 Å².